The minimum Gasteiger partial charge on any atom is -0.476 e. The van der Waals surface area contributed by atoms with Crippen molar-refractivity contribution in [2.75, 3.05) is 11.9 Å². The van der Waals surface area contributed by atoms with Crippen molar-refractivity contribution in [3.8, 4) is 17.3 Å². The molecular formula is C41H40F3N7O9S2. The molecule has 3 amide bonds. The van der Waals surface area contributed by atoms with Gasteiger partial charge in [0.15, 0.2) is 16.6 Å². The predicted molar refractivity (Wildman–Crippen MR) is 219 cm³/mol. The highest BCUT2D eigenvalue weighted by Gasteiger charge is 2.62. The van der Waals surface area contributed by atoms with Gasteiger partial charge < -0.3 is 29.8 Å². The van der Waals surface area contributed by atoms with Crippen molar-refractivity contribution in [3.05, 3.63) is 77.8 Å². The molecule has 5 aromatic rings. The maximum Gasteiger partial charge on any atom is 0.416 e. The molecule has 2 aliphatic carbocycles. The van der Waals surface area contributed by atoms with Gasteiger partial charge in [-0.25, -0.2) is 23.2 Å². The van der Waals surface area contributed by atoms with Gasteiger partial charge in [0.25, 0.3) is 11.8 Å². The van der Waals surface area contributed by atoms with Crippen molar-refractivity contribution in [3.63, 3.8) is 0 Å². The lowest BCUT2D eigenvalue weighted by Crippen LogP contribution is -2.58. The summed E-state index contributed by atoms with van der Waals surface area (Å²) in [5, 5.41) is 16.5. The monoisotopic (exact) mass is 895 g/mol. The minimum absolute atomic E-state index is 0.00693. The van der Waals surface area contributed by atoms with Crippen molar-refractivity contribution >= 4 is 72.3 Å². The van der Waals surface area contributed by atoms with Crippen LogP contribution in [0.2, 0.25) is 0 Å². The summed E-state index contributed by atoms with van der Waals surface area (Å²) >= 11 is 0.968. The van der Waals surface area contributed by atoms with Gasteiger partial charge >= 0.3 is 12.1 Å². The van der Waals surface area contributed by atoms with Crippen molar-refractivity contribution in [2.45, 2.75) is 81.6 Å². The number of carbonyl (C=O) groups is 4. The number of hydrogen-bond donors (Lipinski definition) is 4. The fourth-order valence-electron chi connectivity index (χ4n) is 7.51. The highest BCUT2D eigenvalue weighted by Crippen LogP contribution is 2.46. The van der Waals surface area contributed by atoms with Crippen molar-refractivity contribution < 1.29 is 55.0 Å². The van der Waals surface area contributed by atoms with E-state index in [9.17, 15) is 45.9 Å². The van der Waals surface area contributed by atoms with Crippen molar-refractivity contribution in [2.24, 2.45) is 11.3 Å². The molecule has 3 aliphatic rings. The Hall–Kier alpha value is -6.09. The fourth-order valence-corrected chi connectivity index (χ4v) is 9.59. The highest BCUT2D eigenvalue weighted by atomic mass is 32.2. The van der Waals surface area contributed by atoms with E-state index in [-0.39, 0.29) is 53.1 Å². The molecule has 0 unspecified atom stereocenters. The van der Waals surface area contributed by atoms with E-state index in [1.54, 1.807) is 45.0 Å². The van der Waals surface area contributed by atoms with Gasteiger partial charge in [0.1, 0.15) is 34.8 Å². The Morgan fingerprint density at radius 1 is 1.06 bits per heavy atom. The number of aromatic nitrogens is 3. The van der Waals surface area contributed by atoms with E-state index >= 15 is 0 Å². The average molecular weight is 896 g/mol. The number of para-hydroxylation sites is 1. The number of nitrogens with one attached hydrogen (secondary N) is 3. The number of benzene rings is 2. The Balaban J connectivity index is 1.15. The van der Waals surface area contributed by atoms with Crippen LogP contribution in [0.4, 0.5) is 18.3 Å². The number of aromatic carboxylic acids is 1. The van der Waals surface area contributed by atoms with Gasteiger partial charge in [-0.15, -0.1) is 17.9 Å². The predicted octanol–water partition coefficient (Wildman–Crippen LogP) is 5.76. The molecule has 1 saturated heterocycles. The molecule has 5 atom stereocenters. The Labute approximate surface area is 356 Å². The minimum atomic E-state index is -4.58. The molecule has 4 heterocycles. The summed E-state index contributed by atoms with van der Waals surface area (Å²) in [6.45, 7) is 8.79. The van der Waals surface area contributed by atoms with Gasteiger partial charge in [0.05, 0.1) is 17.4 Å². The summed E-state index contributed by atoms with van der Waals surface area (Å²) in [4.78, 5) is 69.1. The number of halogens is 3. The standard InChI is InChI=1S/C41H40F3N7O9S2/c1-5-21-17-40(21,37(56)50-62(57,58)24-14-15-24)49-33(52)27-16-23(18-51(27)35(53)31(39(2,3)4)47-38-45-26(19-61-38)36(54)55)59-34-30-29(25-8-6-7-9-28(25)60-30)46-32(48-34)20-10-12-22(13-11-20)41(42,43)44/h5-13,19,21,23-24,27,31H,1,14-18H2,2-4H3,(H,45,47)(H,49,52)(H,50,56)(H,54,55)/t21-,23-,27+,31-,40-/m1/s1. The van der Waals surface area contributed by atoms with Crippen LogP contribution in [0.3, 0.4) is 0 Å². The van der Waals surface area contributed by atoms with Crippen molar-refractivity contribution in [1.82, 2.24) is 29.9 Å². The summed E-state index contributed by atoms with van der Waals surface area (Å²) < 4.78 is 80.7. The number of alkyl halides is 3. The number of thiazole rings is 1. The molecule has 4 N–H and O–H groups in total. The maximum atomic E-state index is 14.8. The molecule has 62 heavy (non-hydrogen) atoms. The number of rotatable bonds is 13. The second-order valence-electron chi connectivity index (χ2n) is 16.7. The molecule has 1 aliphatic heterocycles. The smallest absolute Gasteiger partial charge is 0.416 e. The largest absolute Gasteiger partial charge is 0.476 e. The van der Waals surface area contributed by atoms with E-state index in [4.69, 9.17) is 9.15 Å². The van der Waals surface area contributed by atoms with Crippen LogP contribution in [0.25, 0.3) is 33.5 Å². The van der Waals surface area contributed by atoms with E-state index in [0.717, 1.165) is 23.5 Å². The van der Waals surface area contributed by atoms with Gasteiger partial charge in [-0.1, -0.05) is 51.1 Å². The number of carboxylic acid groups (broad SMARTS) is 1. The van der Waals surface area contributed by atoms with Crippen molar-refractivity contribution in [1.29, 1.82) is 0 Å². The Bertz CT molecular complexity index is 2750. The molecule has 0 bridgehead atoms. The Morgan fingerprint density at radius 3 is 2.39 bits per heavy atom. The van der Waals surface area contributed by atoms with Gasteiger partial charge in [-0.2, -0.15) is 18.2 Å². The molecule has 3 fully saturated rings. The number of ether oxygens (including phenoxy) is 1. The van der Waals surface area contributed by atoms with Gasteiger partial charge in [-0.3, -0.25) is 19.1 Å². The van der Waals surface area contributed by atoms with Crippen LogP contribution in [0, 0.1) is 11.3 Å². The average Bonchev–Trinajstić information content (AvgIpc) is 4.04. The number of nitrogens with zero attached hydrogens (tertiary/aromatic N) is 4. The Morgan fingerprint density at radius 2 is 1.77 bits per heavy atom. The summed E-state index contributed by atoms with van der Waals surface area (Å²) in [5.74, 6) is -4.33. The van der Waals surface area contributed by atoms with Crippen LogP contribution in [-0.2, 0) is 30.6 Å². The van der Waals surface area contributed by atoms with Crippen LogP contribution in [-0.4, -0.2) is 92.6 Å². The molecular weight excluding hydrogens is 856 g/mol. The number of fused-ring (bicyclic) bond motifs is 3. The van der Waals surface area contributed by atoms with Gasteiger partial charge in [0, 0.05) is 28.7 Å². The topological polar surface area (TPSA) is 223 Å². The number of furan rings is 1. The lowest BCUT2D eigenvalue weighted by atomic mass is 9.85. The second kappa shape index (κ2) is 15.4. The first-order valence-corrected chi connectivity index (χ1v) is 21.9. The highest BCUT2D eigenvalue weighted by molar-refractivity contribution is 7.91. The quantitative estimate of drug-likeness (QED) is 0.103. The SMILES string of the molecule is C=C[C@@H]1C[C@]1(NC(=O)[C@@H]1C[C@@H](Oc2nc(-c3ccc(C(F)(F)F)cc3)nc3c2oc2ccccc23)CN1C(=O)[C@@H](Nc1nc(C(=O)O)cs1)C(C)(C)C)C(=O)NS(=O)(=O)C1CC1. The van der Waals surface area contributed by atoms with Crippen LogP contribution in [0.1, 0.15) is 62.5 Å². The molecule has 3 aromatic heterocycles. The number of sulfonamides is 1. The van der Waals surface area contributed by atoms with E-state index in [1.807, 2.05) is 0 Å². The molecule has 0 radical (unpaired) electrons. The van der Waals surface area contributed by atoms with E-state index < -0.39 is 85.8 Å². The lowest BCUT2D eigenvalue weighted by molar-refractivity contribution is -0.141. The van der Waals surface area contributed by atoms with E-state index in [1.165, 1.54) is 28.5 Å². The molecule has 2 aromatic carbocycles. The first-order valence-electron chi connectivity index (χ1n) is 19.5. The van der Waals surface area contributed by atoms with E-state index in [0.29, 0.717) is 29.3 Å². The van der Waals surface area contributed by atoms with Gasteiger partial charge in [0.2, 0.25) is 27.4 Å². The molecule has 0 spiro atoms. The molecule has 2 saturated carbocycles. The Kier molecular flexibility index (Phi) is 10.6. The third-order valence-electron chi connectivity index (χ3n) is 11.1. The van der Waals surface area contributed by atoms with Crippen LogP contribution >= 0.6 is 11.3 Å². The molecule has 16 nitrogen and oxygen atoms in total. The van der Waals surface area contributed by atoms with Gasteiger partial charge in [-0.05, 0) is 48.9 Å². The summed E-state index contributed by atoms with van der Waals surface area (Å²) in [6, 6.07) is 8.75. The first kappa shape index (κ1) is 42.6. The zero-order valence-electron chi connectivity index (χ0n) is 33.4. The fraction of sp³-hybridized carbons (Fsp3) is 0.390. The molecule has 21 heteroatoms. The second-order valence-corrected chi connectivity index (χ2v) is 19.5. The normalized spacial score (nSPS) is 22.0. The zero-order valence-corrected chi connectivity index (χ0v) is 35.0. The molecule has 326 valence electrons. The number of carbonyl (C=O) groups excluding carboxylic acids is 3. The number of hydrogen-bond acceptors (Lipinski definition) is 13. The third kappa shape index (κ3) is 8.17. The third-order valence-corrected chi connectivity index (χ3v) is 13.7. The maximum absolute atomic E-state index is 14.8. The van der Waals surface area contributed by atoms with E-state index in [2.05, 4.69) is 36.9 Å². The number of carboxylic acids is 1. The number of amides is 3. The zero-order chi connectivity index (χ0) is 44.5. The summed E-state index contributed by atoms with van der Waals surface area (Å²) in [6.07, 6.45) is -3.47. The number of likely N-dealkylation sites (tertiary alicyclic amines) is 1. The lowest BCUT2D eigenvalue weighted by Gasteiger charge is -2.35. The summed E-state index contributed by atoms with van der Waals surface area (Å²) in [7, 11) is -4.00. The van der Waals surface area contributed by atoms with Crippen LogP contribution < -0.4 is 20.1 Å². The van der Waals surface area contributed by atoms with Crippen LogP contribution in [0.15, 0.2) is 71.0 Å². The molecule has 8 rings (SSSR count). The summed E-state index contributed by atoms with van der Waals surface area (Å²) in [5.41, 5.74) is -2.62. The van der Waals surface area contributed by atoms with Crippen LogP contribution in [0.5, 0.6) is 5.88 Å². The number of anilines is 1. The first-order chi connectivity index (χ1) is 29.2.